The number of hydrogen-bond donors (Lipinski definition) is 2. The highest BCUT2D eigenvalue weighted by Crippen LogP contribution is 2.37. The molecule has 0 saturated heterocycles. The Morgan fingerprint density at radius 2 is 1.69 bits per heavy atom. The summed E-state index contributed by atoms with van der Waals surface area (Å²) in [4.78, 5) is 13.8. The van der Waals surface area contributed by atoms with Crippen LogP contribution in [-0.4, -0.2) is 28.6 Å². The first-order valence-electron chi connectivity index (χ1n) is 10.2. The van der Waals surface area contributed by atoms with Crippen molar-refractivity contribution in [2.24, 2.45) is 5.73 Å². The molecule has 0 aliphatic carbocycles. The maximum Gasteiger partial charge on any atom is 0.332 e. The second kappa shape index (κ2) is 11.7. The first kappa shape index (κ1) is 23.9. The third-order valence-electron chi connectivity index (χ3n) is 5.12. The van der Waals surface area contributed by atoms with E-state index in [0.717, 1.165) is 19.3 Å². The smallest absolute Gasteiger partial charge is 0.332 e. The largest absolute Gasteiger partial charge is 0.479 e. The lowest BCUT2D eigenvalue weighted by Gasteiger charge is -2.36. The molecule has 1 heterocycles. The van der Waals surface area contributed by atoms with Gasteiger partial charge in [0.25, 0.3) is 0 Å². The minimum absolute atomic E-state index is 0.130. The number of carboxylic acids is 1. The predicted molar refractivity (Wildman–Crippen MR) is 122 cm³/mol. The van der Waals surface area contributed by atoms with Crippen molar-refractivity contribution in [3.8, 4) is 0 Å². The number of carboxylic acid groups (broad SMARTS) is 1. The molecule has 29 heavy (non-hydrogen) atoms. The van der Waals surface area contributed by atoms with Gasteiger partial charge in [-0.25, -0.2) is 4.79 Å². The number of nitrogens with two attached hydrogens (primary N) is 1. The molecular weight excluding hydrogens is 431 g/mol. The van der Waals surface area contributed by atoms with Crippen LogP contribution >= 0.6 is 34.8 Å². The lowest BCUT2D eigenvalue weighted by Crippen LogP contribution is -2.44. The van der Waals surface area contributed by atoms with Gasteiger partial charge in [-0.15, -0.1) is 0 Å². The van der Waals surface area contributed by atoms with Crippen LogP contribution in [0.1, 0.15) is 63.9 Å². The van der Waals surface area contributed by atoms with E-state index < -0.39 is 12.0 Å². The van der Waals surface area contributed by atoms with Crippen LogP contribution in [0.15, 0.2) is 35.0 Å². The van der Waals surface area contributed by atoms with Crippen LogP contribution in [0.3, 0.4) is 0 Å². The Labute approximate surface area is 188 Å². The summed E-state index contributed by atoms with van der Waals surface area (Å²) in [5, 5.41) is 10.9. The Morgan fingerprint density at radius 1 is 1.07 bits per heavy atom. The van der Waals surface area contributed by atoms with Crippen molar-refractivity contribution in [3.63, 3.8) is 0 Å². The maximum absolute atomic E-state index is 12.0. The average molecular weight is 460 g/mol. The summed E-state index contributed by atoms with van der Waals surface area (Å²) in [6.07, 6.45) is 11.0. The minimum Gasteiger partial charge on any atom is -0.479 e. The van der Waals surface area contributed by atoms with Gasteiger partial charge in [-0.1, -0.05) is 86.7 Å². The van der Waals surface area contributed by atoms with Crippen LogP contribution in [-0.2, 0) is 4.79 Å². The van der Waals surface area contributed by atoms with Gasteiger partial charge in [-0.05, 0) is 30.7 Å². The summed E-state index contributed by atoms with van der Waals surface area (Å²) >= 11 is 18.7. The van der Waals surface area contributed by atoms with Crippen molar-refractivity contribution in [2.45, 2.75) is 64.3 Å². The predicted octanol–water partition coefficient (Wildman–Crippen LogP) is 6.65. The van der Waals surface area contributed by atoms with Gasteiger partial charge >= 0.3 is 5.97 Å². The fourth-order valence-electron chi connectivity index (χ4n) is 3.57. The molecule has 0 spiro atoms. The normalized spacial score (nSPS) is 16.9. The zero-order chi connectivity index (χ0) is 21.4. The third-order valence-corrected chi connectivity index (χ3v) is 6.10. The van der Waals surface area contributed by atoms with Crippen molar-refractivity contribution < 1.29 is 9.90 Å². The second-order valence-electron chi connectivity index (χ2n) is 7.37. The molecule has 1 unspecified atom stereocenters. The molecule has 0 aromatic heterocycles. The van der Waals surface area contributed by atoms with Crippen LogP contribution < -0.4 is 5.73 Å². The number of aliphatic carboxylic acids is 1. The van der Waals surface area contributed by atoms with E-state index in [9.17, 15) is 9.90 Å². The molecule has 7 heteroatoms. The van der Waals surface area contributed by atoms with Crippen LogP contribution in [0.25, 0.3) is 5.70 Å². The maximum atomic E-state index is 12.0. The fraction of sp³-hybridized carbons (Fsp3) is 0.500. The van der Waals surface area contributed by atoms with E-state index in [0.29, 0.717) is 27.9 Å². The van der Waals surface area contributed by atoms with Gasteiger partial charge in [0.1, 0.15) is 0 Å². The topological polar surface area (TPSA) is 66.6 Å². The fourth-order valence-corrected chi connectivity index (χ4v) is 4.34. The molecular formula is C22H29Cl3N2O2. The number of unbranched alkanes of at least 4 members (excludes halogenated alkanes) is 7. The van der Waals surface area contributed by atoms with Crippen LogP contribution in [0.2, 0.25) is 10.0 Å². The van der Waals surface area contributed by atoms with Crippen molar-refractivity contribution in [1.82, 2.24) is 4.90 Å². The standard InChI is InChI=1S/C22H29Cl3N2O2/c1-2-3-4-5-6-7-8-9-12-27-19(16-11-10-15(23)13-17(16)24)14-18(26)20(25)21(27)22(28)29/h10-11,13-14,21H,2-9,12,26H2,1H3,(H,28,29). The van der Waals surface area contributed by atoms with Gasteiger partial charge in [0.05, 0.1) is 15.8 Å². The monoisotopic (exact) mass is 458 g/mol. The van der Waals surface area contributed by atoms with E-state index in [2.05, 4.69) is 6.92 Å². The molecule has 160 valence electrons. The van der Waals surface area contributed by atoms with Crippen molar-refractivity contribution in [1.29, 1.82) is 0 Å². The van der Waals surface area contributed by atoms with E-state index in [-0.39, 0.29) is 10.7 Å². The summed E-state index contributed by atoms with van der Waals surface area (Å²) in [6.45, 7) is 2.77. The molecule has 0 radical (unpaired) electrons. The highest BCUT2D eigenvalue weighted by Gasteiger charge is 2.35. The van der Waals surface area contributed by atoms with Gasteiger partial charge in [0.2, 0.25) is 0 Å². The number of nitrogens with zero attached hydrogens (tertiary/aromatic N) is 1. The van der Waals surface area contributed by atoms with E-state index >= 15 is 0 Å². The van der Waals surface area contributed by atoms with E-state index in [1.165, 1.54) is 32.1 Å². The molecule has 3 N–H and O–H groups in total. The number of hydrogen-bond acceptors (Lipinski definition) is 3. The molecule has 1 atom stereocenters. The van der Waals surface area contributed by atoms with Crippen LogP contribution in [0.5, 0.6) is 0 Å². The summed E-state index contributed by atoms with van der Waals surface area (Å²) in [6, 6.07) is 4.12. The molecule has 0 saturated carbocycles. The van der Waals surface area contributed by atoms with Crippen molar-refractivity contribution >= 4 is 46.5 Å². The van der Waals surface area contributed by atoms with Crippen LogP contribution in [0, 0.1) is 0 Å². The molecule has 4 nitrogen and oxygen atoms in total. The van der Waals surface area contributed by atoms with E-state index in [4.69, 9.17) is 40.5 Å². The Hall–Kier alpha value is -1.36. The van der Waals surface area contributed by atoms with Crippen LogP contribution in [0.4, 0.5) is 0 Å². The molecule has 1 aromatic carbocycles. The molecule has 0 bridgehead atoms. The highest BCUT2D eigenvalue weighted by molar-refractivity contribution is 6.36. The Morgan fingerprint density at radius 3 is 2.28 bits per heavy atom. The molecule has 2 rings (SSSR count). The number of halogens is 3. The average Bonchev–Trinajstić information content (AvgIpc) is 2.66. The molecule has 1 aliphatic rings. The first-order chi connectivity index (χ1) is 13.9. The van der Waals surface area contributed by atoms with Gasteiger partial charge < -0.3 is 15.7 Å². The van der Waals surface area contributed by atoms with E-state index in [1.54, 1.807) is 29.2 Å². The Balaban J connectivity index is 2.14. The first-order valence-corrected chi connectivity index (χ1v) is 11.3. The summed E-state index contributed by atoms with van der Waals surface area (Å²) in [5.74, 6) is -1.03. The molecule has 0 amide bonds. The summed E-state index contributed by atoms with van der Waals surface area (Å²) in [5.41, 5.74) is 7.61. The van der Waals surface area contributed by atoms with Gasteiger partial charge in [-0.2, -0.15) is 0 Å². The van der Waals surface area contributed by atoms with Crippen molar-refractivity contribution in [3.05, 3.63) is 50.6 Å². The number of allylic oxidation sites excluding steroid dienone is 1. The van der Waals surface area contributed by atoms with Gasteiger partial charge in [0.15, 0.2) is 6.04 Å². The summed E-state index contributed by atoms with van der Waals surface area (Å²) < 4.78 is 0. The SMILES string of the molecule is CCCCCCCCCCN1C(c2ccc(Cl)cc2Cl)=CC(N)=C(Cl)C1C(=O)O. The molecule has 1 aliphatic heterocycles. The highest BCUT2D eigenvalue weighted by atomic mass is 35.5. The van der Waals surface area contributed by atoms with E-state index in [1.807, 2.05) is 0 Å². The zero-order valence-electron chi connectivity index (χ0n) is 16.8. The number of rotatable bonds is 11. The Kier molecular flexibility index (Phi) is 9.67. The lowest BCUT2D eigenvalue weighted by atomic mass is 10.0. The lowest BCUT2D eigenvalue weighted by molar-refractivity contribution is -0.140. The minimum atomic E-state index is -1.03. The molecule has 1 aromatic rings. The third kappa shape index (κ3) is 6.56. The Bertz CT molecular complexity index is 777. The van der Waals surface area contributed by atoms with Gasteiger partial charge in [0, 0.05) is 22.8 Å². The second-order valence-corrected chi connectivity index (χ2v) is 8.62. The quantitative estimate of drug-likeness (QED) is 0.363. The number of carbonyl (C=O) groups is 1. The zero-order valence-corrected chi connectivity index (χ0v) is 19.0. The summed E-state index contributed by atoms with van der Waals surface area (Å²) in [7, 11) is 0. The number of benzene rings is 1. The molecule has 0 fully saturated rings. The van der Waals surface area contributed by atoms with Crippen molar-refractivity contribution in [2.75, 3.05) is 6.54 Å². The van der Waals surface area contributed by atoms with Gasteiger partial charge in [-0.3, -0.25) is 0 Å².